The molecule has 6 heteroatoms. The summed E-state index contributed by atoms with van der Waals surface area (Å²) in [5.41, 5.74) is 6.67. The normalized spacial score (nSPS) is 9.06. The Hall–Kier alpha value is -1.40. The molecule has 0 spiro atoms. The van der Waals surface area contributed by atoms with Crippen LogP contribution in [0.3, 0.4) is 0 Å². The van der Waals surface area contributed by atoms with Crippen molar-refractivity contribution >= 4 is 34.7 Å². The minimum absolute atomic E-state index is 0.490. The van der Waals surface area contributed by atoms with E-state index in [1.165, 1.54) is 5.56 Å². The maximum atomic E-state index is 5.05. The highest BCUT2D eigenvalue weighted by Crippen LogP contribution is 1.96. The summed E-state index contributed by atoms with van der Waals surface area (Å²) in [7, 11) is 1.73. The Morgan fingerprint density at radius 3 is 2.31 bits per heavy atom. The zero-order chi connectivity index (χ0) is 11.8. The van der Waals surface area contributed by atoms with E-state index in [1.807, 2.05) is 30.3 Å². The first-order chi connectivity index (χ1) is 7.72. The van der Waals surface area contributed by atoms with E-state index in [0.717, 1.165) is 0 Å². The van der Waals surface area contributed by atoms with Crippen molar-refractivity contribution in [3.63, 3.8) is 0 Å². The van der Waals surface area contributed by atoms with E-state index in [-0.39, 0.29) is 0 Å². The molecule has 0 heterocycles. The van der Waals surface area contributed by atoms with Crippen LogP contribution >= 0.6 is 24.4 Å². The molecule has 0 aliphatic heterocycles. The number of benzene rings is 1. The van der Waals surface area contributed by atoms with E-state index in [9.17, 15) is 0 Å². The number of thiocarbonyl (C=S) groups is 2. The summed E-state index contributed by atoms with van der Waals surface area (Å²) in [6.45, 7) is 0.681. The average molecular weight is 254 g/mol. The fourth-order valence-electron chi connectivity index (χ4n) is 0.998. The molecule has 0 fully saturated rings. The minimum Gasteiger partial charge on any atom is -0.364 e. The molecule has 86 valence electrons. The van der Waals surface area contributed by atoms with Crippen molar-refractivity contribution in [2.75, 3.05) is 7.05 Å². The van der Waals surface area contributed by atoms with Gasteiger partial charge in [0, 0.05) is 13.6 Å². The molecule has 16 heavy (non-hydrogen) atoms. The van der Waals surface area contributed by atoms with Gasteiger partial charge < -0.3 is 10.6 Å². The molecular weight excluding hydrogens is 240 g/mol. The lowest BCUT2D eigenvalue weighted by Gasteiger charge is -2.12. The smallest absolute Gasteiger partial charge is 0.185 e. The SMILES string of the molecule is CNC(=S)NNC(=S)NCc1ccccc1. The van der Waals surface area contributed by atoms with Crippen molar-refractivity contribution in [3.05, 3.63) is 35.9 Å². The monoisotopic (exact) mass is 254 g/mol. The minimum atomic E-state index is 0.490. The Balaban J connectivity index is 2.23. The molecule has 0 amide bonds. The Morgan fingerprint density at radius 2 is 1.69 bits per heavy atom. The van der Waals surface area contributed by atoms with Gasteiger partial charge in [-0.1, -0.05) is 30.3 Å². The van der Waals surface area contributed by atoms with Crippen LogP contribution in [-0.4, -0.2) is 17.3 Å². The fraction of sp³-hybridized carbons (Fsp3) is 0.200. The van der Waals surface area contributed by atoms with E-state index < -0.39 is 0 Å². The van der Waals surface area contributed by atoms with Gasteiger partial charge in [0.2, 0.25) is 0 Å². The molecule has 0 saturated carbocycles. The Bertz CT molecular complexity index is 353. The molecule has 1 aromatic carbocycles. The largest absolute Gasteiger partial charge is 0.364 e. The van der Waals surface area contributed by atoms with Gasteiger partial charge in [0.15, 0.2) is 10.2 Å². The predicted molar refractivity (Wildman–Crippen MR) is 73.8 cm³/mol. The van der Waals surface area contributed by atoms with Crippen LogP contribution in [-0.2, 0) is 6.54 Å². The highest BCUT2D eigenvalue weighted by Gasteiger charge is 1.96. The number of nitrogens with one attached hydrogen (secondary N) is 4. The van der Waals surface area contributed by atoms with Crippen molar-refractivity contribution < 1.29 is 0 Å². The summed E-state index contributed by atoms with van der Waals surface area (Å²) in [5, 5.41) is 6.80. The van der Waals surface area contributed by atoms with Gasteiger partial charge in [0.05, 0.1) is 0 Å². The predicted octanol–water partition coefficient (Wildman–Crippen LogP) is 0.660. The Kier molecular flexibility index (Phi) is 5.52. The maximum Gasteiger partial charge on any atom is 0.185 e. The Morgan fingerprint density at radius 1 is 1.06 bits per heavy atom. The quantitative estimate of drug-likeness (QED) is 0.459. The summed E-state index contributed by atoms with van der Waals surface area (Å²) >= 11 is 9.93. The van der Waals surface area contributed by atoms with Crippen LogP contribution in [0.2, 0.25) is 0 Å². The topological polar surface area (TPSA) is 48.1 Å². The number of hydrogen-bond donors (Lipinski definition) is 4. The van der Waals surface area contributed by atoms with Gasteiger partial charge in [0.25, 0.3) is 0 Å². The van der Waals surface area contributed by atoms with Gasteiger partial charge >= 0.3 is 0 Å². The van der Waals surface area contributed by atoms with Crippen molar-refractivity contribution in [3.8, 4) is 0 Å². The first-order valence-corrected chi connectivity index (χ1v) is 5.59. The van der Waals surface area contributed by atoms with Crippen molar-refractivity contribution in [2.24, 2.45) is 0 Å². The van der Waals surface area contributed by atoms with Crippen LogP contribution in [0, 0.1) is 0 Å². The molecule has 0 unspecified atom stereocenters. The van der Waals surface area contributed by atoms with Crippen LogP contribution in [0.15, 0.2) is 30.3 Å². The molecule has 4 nitrogen and oxygen atoms in total. The van der Waals surface area contributed by atoms with Crippen LogP contribution in [0.1, 0.15) is 5.56 Å². The standard InChI is InChI=1S/C10H14N4S2/c1-11-9(15)13-14-10(16)12-7-8-5-3-2-4-6-8/h2-6H,7H2,1H3,(H2,11,13,15)(H2,12,14,16). The van der Waals surface area contributed by atoms with Crippen molar-refractivity contribution in [2.45, 2.75) is 6.54 Å². The van der Waals surface area contributed by atoms with Crippen LogP contribution in [0.4, 0.5) is 0 Å². The summed E-state index contributed by atoms with van der Waals surface area (Å²) in [5.74, 6) is 0. The molecule has 0 aliphatic carbocycles. The average Bonchev–Trinajstić information content (AvgIpc) is 2.34. The van der Waals surface area contributed by atoms with Crippen LogP contribution in [0.25, 0.3) is 0 Å². The van der Waals surface area contributed by atoms with E-state index in [1.54, 1.807) is 7.05 Å². The second kappa shape index (κ2) is 6.97. The van der Waals surface area contributed by atoms with Gasteiger partial charge in [-0.25, -0.2) is 0 Å². The lowest BCUT2D eigenvalue weighted by atomic mass is 10.2. The number of hydrogen-bond acceptors (Lipinski definition) is 2. The molecule has 0 radical (unpaired) electrons. The zero-order valence-electron chi connectivity index (χ0n) is 8.91. The summed E-state index contributed by atoms with van der Waals surface area (Å²) < 4.78 is 0. The molecule has 0 aromatic heterocycles. The molecule has 1 rings (SSSR count). The van der Waals surface area contributed by atoms with E-state index in [0.29, 0.717) is 16.8 Å². The molecule has 4 N–H and O–H groups in total. The fourth-order valence-corrected chi connectivity index (χ4v) is 1.17. The lowest BCUT2D eigenvalue weighted by Crippen LogP contribution is -2.49. The highest BCUT2D eigenvalue weighted by molar-refractivity contribution is 7.80. The molecule has 0 bridgehead atoms. The molecular formula is C10H14N4S2. The summed E-state index contributed by atoms with van der Waals surface area (Å²) in [6.07, 6.45) is 0. The second-order valence-electron chi connectivity index (χ2n) is 3.00. The van der Waals surface area contributed by atoms with Crippen molar-refractivity contribution in [1.82, 2.24) is 21.5 Å². The second-order valence-corrected chi connectivity index (χ2v) is 3.81. The van der Waals surface area contributed by atoms with E-state index in [4.69, 9.17) is 24.4 Å². The van der Waals surface area contributed by atoms with Crippen molar-refractivity contribution in [1.29, 1.82) is 0 Å². The molecule has 1 aromatic rings. The van der Waals surface area contributed by atoms with Gasteiger partial charge in [-0.05, 0) is 30.0 Å². The third kappa shape index (κ3) is 4.90. The summed E-state index contributed by atoms with van der Waals surface area (Å²) in [4.78, 5) is 0. The molecule has 0 aliphatic rings. The first kappa shape index (κ1) is 12.7. The van der Waals surface area contributed by atoms with E-state index in [2.05, 4.69) is 21.5 Å². The highest BCUT2D eigenvalue weighted by atomic mass is 32.1. The van der Waals surface area contributed by atoms with Gasteiger partial charge in [-0.2, -0.15) is 0 Å². The number of hydrazine groups is 1. The number of rotatable bonds is 2. The zero-order valence-corrected chi connectivity index (χ0v) is 10.5. The molecule has 0 saturated heterocycles. The molecule has 0 atom stereocenters. The first-order valence-electron chi connectivity index (χ1n) is 4.78. The third-order valence-electron chi connectivity index (χ3n) is 1.81. The lowest BCUT2D eigenvalue weighted by molar-refractivity contribution is 0.794. The summed E-state index contributed by atoms with van der Waals surface area (Å²) in [6, 6.07) is 10.0. The van der Waals surface area contributed by atoms with Gasteiger partial charge in [-0.15, -0.1) is 0 Å². The van der Waals surface area contributed by atoms with E-state index >= 15 is 0 Å². The van der Waals surface area contributed by atoms with Crippen LogP contribution < -0.4 is 21.5 Å². The van der Waals surface area contributed by atoms with Crippen LogP contribution in [0.5, 0.6) is 0 Å². The maximum absolute atomic E-state index is 5.05. The van der Waals surface area contributed by atoms with Gasteiger partial charge in [0.1, 0.15) is 0 Å². The van der Waals surface area contributed by atoms with Gasteiger partial charge in [-0.3, -0.25) is 10.9 Å². The Labute approximate surface area is 106 Å². The third-order valence-corrected chi connectivity index (χ3v) is 2.37.